The summed E-state index contributed by atoms with van der Waals surface area (Å²) in [6.45, 7) is 0.0405. The Morgan fingerprint density at radius 3 is 2.00 bits per heavy atom. The van der Waals surface area contributed by atoms with Crippen molar-refractivity contribution in [3.05, 3.63) is 23.2 Å². The van der Waals surface area contributed by atoms with Crippen molar-refractivity contribution < 1.29 is 16.8 Å². The molecule has 1 aliphatic heterocycles. The second kappa shape index (κ2) is 5.71. The van der Waals surface area contributed by atoms with Gasteiger partial charge in [-0.05, 0) is 18.2 Å². The second-order valence-corrected chi connectivity index (χ2v) is 8.42. The standard InChI is InChI=1S/C10H15ClN4O4S2/c11-8-1-2-10(9(12)7-8)20(16,17)14-3-5-15(6-4-14)21(13,18)19/h1-2,7H,3-6,12H2,(H2,13,18,19). The molecule has 0 atom stereocenters. The molecule has 1 saturated heterocycles. The van der Waals surface area contributed by atoms with E-state index in [2.05, 4.69) is 0 Å². The maximum absolute atomic E-state index is 12.5. The molecule has 0 aliphatic carbocycles. The van der Waals surface area contributed by atoms with E-state index < -0.39 is 20.2 Å². The van der Waals surface area contributed by atoms with E-state index >= 15 is 0 Å². The molecule has 0 amide bonds. The Kier molecular flexibility index (Phi) is 4.47. The lowest BCUT2D eigenvalue weighted by Crippen LogP contribution is -2.52. The van der Waals surface area contributed by atoms with E-state index in [1.807, 2.05) is 0 Å². The molecule has 4 N–H and O–H groups in total. The van der Waals surface area contributed by atoms with Gasteiger partial charge in [0.25, 0.3) is 10.2 Å². The molecule has 0 radical (unpaired) electrons. The molecular weight excluding hydrogens is 340 g/mol. The van der Waals surface area contributed by atoms with Gasteiger partial charge in [0.05, 0.1) is 5.69 Å². The summed E-state index contributed by atoms with van der Waals surface area (Å²) in [7, 11) is -7.59. The first-order valence-electron chi connectivity index (χ1n) is 5.95. The minimum absolute atomic E-state index is 0.00551. The first kappa shape index (κ1) is 16.5. The Morgan fingerprint density at radius 1 is 1.00 bits per heavy atom. The number of sulfonamides is 1. The number of nitrogens with two attached hydrogens (primary N) is 2. The molecule has 0 spiro atoms. The van der Waals surface area contributed by atoms with Crippen LogP contribution in [0.1, 0.15) is 0 Å². The van der Waals surface area contributed by atoms with Crippen molar-refractivity contribution in [2.75, 3.05) is 31.9 Å². The van der Waals surface area contributed by atoms with Gasteiger partial charge in [-0.25, -0.2) is 13.6 Å². The van der Waals surface area contributed by atoms with E-state index in [-0.39, 0.29) is 36.8 Å². The minimum atomic E-state index is -3.80. The van der Waals surface area contributed by atoms with Crippen LogP contribution in [0.3, 0.4) is 0 Å². The summed E-state index contributed by atoms with van der Waals surface area (Å²) in [4.78, 5) is -0.0454. The fraction of sp³-hybridized carbons (Fsp3) is 0.400. The number of hydrogen-bond acceptors (Lipinski definition) is 5. The molecule has 1 aromatic carbocycles. The fourth-order valence-electron chi connectivity index (χ4n) is 2.06. The van der Waals surface area contributed by atoms with Crippen LogP contribution >= 0.6 is 11.6 Å². The van der Waals surface area contributed by atoms with E-state index in [1.54, 1.807) is 0 Å². The maximum Gasteiger partial charge on any atom is 0.276 e. The molecular formula is C10H15ClN4O4S2. The van der Waals surface area contributed by atoms with Gasteiger partial charge in [0, 0.05) is 31.2 Å². The van der Waals surface area contributed by atoms with E-state index in [1.165, 1.54) is 22.5 Å². The highest BCUT2D eigenvalue weighted by Gasteiger charge is 2.32. The van der Waals surface area contributed by atoms with Crippen molar-refractivity contribution in [2.24, 2.45) is 5.14 Å². The molecule has 1 fully saturated rings. The summed E-state index contributed by atoms with van der Waals surface area (Å²) >= 11 is 5.75. The molecule has 0 bridgehead atoms. The van der Waals surface area contributed by atoms with Crippen LogP contribution in [0.25, 0.3) is 0 Å². The lowest BCUT2D eigenvalue weighted by molar-refractivity contribution is 0.273. The number of piperazine rings is 1. The van der Waals surface area contributed by atoms with Crippen LogP contribution in [-0.4, -0.2) is 51.6 Å². The monoisotopic (exact) mass is 354 g/mol. The van der Waals surface area contributed by atoms with Gasteiger partial charge in [-0.15, -0.1) is 0 Å². The van der Waals surface area contributed by atoms with Gasteiger partial charge in [0.2, 0.25) is 10.0 Å². The topological polar surface area (TPSA) is 127 Å². The van der Waals surface area contributed by atoms with E-state index in [9.17, 15) is 16.8 Å². The summed E-state index contributed by atoms with van der Waals surface area (Å²) in [5.74, 6) is 0. The average molecular weight is 355 g/mol. The molecule has 0 unspecified atom stereocenters. The number of halogens is 1. The van der Waals surface area contributed by atoms with Gasteiger partial charge in [-0.3, -0.25) is 0 Å². The Morgan fingerprint density at radius 2 is 1.52 bits per heavy atom. The van der Waals surface area contributed by atoms with Crippen LogP contribution < -0.4 is 10.9 Å². The van der Waals surface area contributed by atoms with Crippen LogP contribution in [0.4, 0.5) is 5.69 Å². The van der Waals surface area contributed by atoms with Crippen molar-refractivity contribution in [2.45, 2.75) is 4.90 Å². The van der Waals surface area contributed by atoms with Gasteiger partial charge in [0.1, 0.15) is 4.90 Å². The molecule has 1 aliphatic rings. The number of nitrogen functional groups attached to an aromatic ring is 1. The molecule has 1 aromatic rings. The van der Waals surface area contributed by atoms with Crippen molar-refractivity contribution in [3.8, 4) is 0 Å². The van der Waals surface area contributed by atoms with E-state index in [0.29, 0.717) is 5.02 Å². The van der Waals surface area contributed by atoms with Crippen LogP contribution in [0.2, 0.25) is 5.02 Å². The molecule has 1 heterocycles. The Bertz CT molecular complexity index is 742. The SMILES string of the molecule is Nc1cc(Cl)ccc1S(=O)(=O)N1CCN(S(N)(=O)=O)CC1. The molecule has 8 nitrogen and oxygen atoms in total. The van der Waals surface area contributed by atoms with Crippen molar-refractivity contribution in [1.29, 1.82) is 0 Å². The largest absolute Gasteiger partial charge is 0.398 e. The summed E-state index contributed by atoms with van der Waals surface area (Å²) in [6, 6.07) is 4.12. The first-order valence-corrected chi connectivity index (χ1v) is 9.27. The van der Waals surface area contributed by atoms with E-state index in [4.69, 9.17) is 22.5 Å². The predicted molar refractivity (Wildman–Crippen MR) is 79.3 cm³/mol. The van der Waals surface area contributed by atoms with Crippen molar-refractivity contribution >= 4 is 37.5 Å². The normalized spacial score (nSPS) is 18.8. The molecule has 21 heavy (non-hydrogen) atoms. The van der Waals surface area contributed by atoms with Gasteiger partial charge in [0.15, 0.2) is 0 Å². The van der Waals surface area contributed by atoms with Crippen molar-refractivity contribution in [3.63, 3.8) is 0 Å². The van der Waals surface area contributed by atoms with Gasteiger partial charge in [-0.1, -0.05) is 11.6 Å². The van der Waals surface area contributed by atoms with E-state index in [0.717, 1.165) is 4.31 Å². The summed E-state index contributed by atoms with van der Waals surface area (Å²) in [5, 5.41) is 5.35. The van der Waals surface area contributed by atoms with Crippen molar-refractivity contribution in [1.82, 2.24) is 8.61 Å². The quantitative estimate of drug-likeness (QED) is 0.703. The third-order valence-corrected chi connectivity index (χ3v) is 6.44. The highest BCUT2D eigenvalue weighted by atomic mass is 35.5. The number of rotatable bonds is 3. The molecule has 0 saturated carbocycles. The third kappa shape index (κ3) is 3.47. The van der Waals surface area contributed by atoms with Gasteiger partial charge >= 0.3 is 0 Å². The summed E-state index contributed by atoms with van der Waals surface area (Å²) < 4.78 is 49.6. The second-order valence-electron chi connectivity index (χ2n) is 4.53. The zero-order valence-electron chi connectivity index (χ0n) is 10.9. The molecule has 118 valence electrons. The number of hydrogen-bond donors (Lipinski definition) is 2. The zero-order chi connectivity index (χ0) is 15.8. The van der Waals surface area contributed by atoms with Crippen LogP contribution in [0.15, 0.2) is 23.1 Å². The predicted octanol–water partition coefficient (Wildman–Crippen LogP) is -0.568. The highest BCUT2D eigenvalue weighted by molar-refractivity contribution is 7.89. The maximum atomic E-state index is 12.5. The number of anilines is 1. The van der Waals surface area contributed by atoms with Gasteiger partial charge < -0.3 is 5.73 Å². The van der Waals surface area contributed by atoms with Crippen LogP contribution in [0.5, 0.6) is 0 Å². The zero-order valence-corrected chi connectivity index (χ0v) is 13.3. The number of benzene rings is 1. The summed E-state index contributed by atoms with van der Waals surface area (Å²) in [6.07, 6.45) is 0. The molecule has 0 aromatic heterocycles. The van der Waals surface area contributed by atoms with Gasteiger partial charge in [-0.2, -0.15) is 17.0 Å². The Labute approximate surface area is 128 Å². The highest BCUT2D eigenvalue weighted by Crippen LogP contribution is 2.26. The lowest BCUT2D eigenvalue weighted by Gasteiger charge is -2.32. The van der Waals surface area contributed by atoms with Crippen LogP contribution in [0, 0.1) is 0 Å². The molecule has 2 rings (SSSR count). The average Bonchev–Trinajstić information content (AvgIpc) is 2.37. The Balaban J connectivity index is 2.23. The first-order chi connectivity index (χ1) is 9.62. The minimum Gasteiger partial charge on any atom is -0.398 e. The Hall–Kier alpha value is -0.910. The smallest absolute Gasteiger partial charge is 0.276 e. The van der Waals surface area contributed by atoms with Crippen LogP contribution in [-0.2, 0) is 20.2 Å². The summed E-state index contributed by atoms with van der Waals surface area (Å²) in [5.41, 5.74) is 5.75. The number of nitrogens with zero attached hydrogens (tertiary/aromatic N) is 2. The third-order valence-electron chi connectivity index (χ3n) is 3.15. The molecule has 11 heteroatoms. The fourth-order valence-corrected chi connectivity index (χ4v) is 4.43. The lowest BCUT2D eigenvalue weighted by atomic mass is 10.3.